The third-order valence-electron chi connectivity index (χ3n) is 4.65. The number of aromatic amines is 1. The van der Waals surface area contributed by atoms with E-state index in [2.05, 4.69) is 39.6 Å². The molecule has 2 heterocycles. The molecule has 0 unspecified atom stereocenters. The maximum Gasteiger partial charge on any atom is 0.255 e. The van der Waals surface area contributed by atoms with Crippen molar-refractivity contribution in [1.29, 1.82) is 0 Å². The normalized spacial score (nSPS) is 12.9. The van der Waals surface area contributed by atoms with Crippen LogP contribution in [0, 0.1) is 0 Å². The van der Waals surface area contributed by atoms with Crippen molar-refractivity contribution in [2.24, 2.45) is 0 Å². The Hall–Kier alpha value is -3.28. The highest BCUT2D eigenvalue weighted by molar-refractivity contribution is 5.42. The maximum atomic E-state index is 12.3. The SMILES string of the molecule is O=c1[nH]c(NCCCCc2ccccc2)ncc1CC1Oc2ccccc2O1. The van der Waals surface area contributed by atoms with E-state index in [1.165, 1.54) is 5.56 Å². The molecule has 6 nitrogen and oxygen atoms in total. The molecule has 0 bridgehead atoms. The fourth-order valence-electron chi connectivity index (χ4n) is 3.18. The summed E-state index contributed by atoms with van der Waals surface area (Å²) in [5.74, 6) is 1.89. The monoisotopic (exact) mass is 377 g/mol. The fourth-order valence-corrected chi connectivity index (χ4v) is 3.18. The van der Waals surface area contributed by atoms with Gasteiger partial charge in [0.05, 0.1) is 6.42 Å². The molecule has 0 atom stereocenters. The molecule has 0 radical (unpaired) electrons. The molecule has 0 saturated carbocycles. The van der Waals surface area contributed by atoms with Gasteiger partial charge in [0.15, 0.2) is 11.5 Å². The van der Waals surface area contributed by atoms with Crippen molar-refractivity contribution in [3.05, 3.63) is 82.3 Å². The Labute approximate surface area is 163 Å². The number of fused-ring (bicyclic) bond motifs is 1. The average molecular weight is 377 g/mol. The Morgan fingerprint density at radius 2 is 1.68 bits per heavy atom. The molecule has 1 aromatic heterocycles. The van der Waals surface area contributed by atoms with Crippen LogP contribution in [0.4, 0.5) is 5.95 Å². The van der Waals surface area contributed by atoms with Crippen LogP contribution in [-0.2, 0) is 12.8 Å². The average Bonchev–Trinajstić information content (AvgIpc) is 3.13. The maximum absolute atomic E-state index is 12.3. The summed E-state index contributed by atoms with van der Waals surface area (Å²) in [6.45, 7) is 0.763. The Balaban J connectivity index is 1.24. The number of rotatable bonds is 8. The van der Waals surface area contributed by atoms with Gasteiger partial charge in [-0.05, 0) is 37.0 Å². The highest BCUT2D eigenvalue weighted by Crippen LogP contribution is 2.34. The van der Waals surface area contributed by atoms with Gasteiger partial charge in [-0.25, -0.2) is 4.98 Å². The Morgan fingerprint density at radius 3 is 2.39 bits per heavy atom. The molecule has 6 heteroatoms. The molecule has 28 heavy (non-hydrogen) atoms. The Bertz CT molecular complexity index is 947. The molecule has 144 valence electrons. The zero-order valence-corrected chi connectivity index (χ0v) is 15.6. The van der Waals surface area contributed by atoms with E-state index in [9.17, 15) is 4.79 Å². The van der Waals surface area contributed by atoms with E-state index in [1.807, 2.05) is 30.3 Å². The van der Waals surface area contributed by atoms with Gasteiger partial charge in [0, 0.05) is 18.3 Å². The summed E-state index contributed by atoms with van der Waals surface area (Å²) in [6, 6.07) is 17.9. The minimum Gasteiger partial charge on any atom is -0.451 e. The third kappa shape index (κ3) is 4.52. The number of nitrogens with zero attached hydrogens (tertiary/aromatic N) is 1. The number of ether oxygens (including phenoxy) is 2. The fraction of sp³-hybridized carbons (Fsp3) is 0.273. The molecular weight excluding hydrogens is 354 g/mol. The predicted octanol–water partition coefficient (Wildman–Crippen LogP) is 3.54. The van der Waals surface area contributed by atoms with Crippen LogP contribution in [0.5, 0.6) is 11.5 Å². The van der Waals surface area contributed by atoms with Crippen LogP contribution < -0.4 is 20.3 Å². The zero-order valence-electron chi connectivity index (χ0n) is 15.6. The molecular formula is C22H23N3O3. The summed E-state index contributed by atoms with van der Waals surface area (Å²) in [4.78, 5) is 19.4. The van der Waals surface area contributed by atoms with Gasteiger partial charge in [0.2, 0.25) is 12.2 Å². The predicted molar refractivity (Wildman–Crippen MR) is 108 cm³/mol. The first-order valence-corrected chi connectivity index (χ1v) is 9.56. The summed E-state index contributed by atoms with van der Waals surface area (Å²) in [5, 5.41) is 3.18. The highest BCUT2D eigenvalue weighted by Gasteiger charge is 2.24. The summed E-state index contributed by atoms with van der Waals surface area (Å²) >= 11 is 0. The van der Waals surface area contributed by atoms with Crippen molar-refractivity contribution in [2.45, 2.75) is 32.0 Å². The van der Waals surface area contributed by atoms with Gasteiger partial charge in [-0.1, -0.05) is 42.5 Å². The van der Waals surface area contributed by atoms with Crippen molar-refractivity contribution in [3.8, 4) is 11.5 Å². The summed E-state index contributed by atoms with van der Waals surface area (Å²) in [7, 11) is 0. The first-order chi connectivity index (χ1) is 13.8. The molecule has 0 spiro atoms. The molecule has 2 aromatic carbocycles. The van der Waals surface area contributed by atoms with Crippen LogP contribution in [0.15, 0.2) is 65.6 Å². The van der Waals surface area contributed by atoms with E-state index < -0.39 is 6.29 Å². The molecule has 0 fully saturated rings. The van der Waals surface area contributed by atoms with Gasteiger partial charge >= 0.3 is 0 Å². The van der Waals surface area contributed by atoms with Gasteiger partial charge in [-0.2, -0.15) is 0 Å². The van der Waals surface area contributed by atoms with Gasteiger partial charge in [-0.3, -0.25) is 9.78 Å². The zero-order chi connectivity index (χ0) is 19.2. The number of nitrogens with one attached hydrogen (secondary N) is 2. The number of para-hydroxylation sites is 2. The van der Waals surface area contributed by atoms with Crippen molar-refractivity contribution >= 4 is 5.95 Å². The molecule has 0 saturated heterocycles. The molecule has 4 rings (SSSR count). The summed E-state index contributed by atoms with van der Waals surface area (Å²) in [5.41, 5.74) is 1.70. The molecule has 3 aromatic rings. The molecule has 0 amide bonds. The lowest BCUT2D eigenvalue weighted by molar-refractivity contribution is 0.0499. The number of benzene rings is 2. The van der Waals surface area contributed by atoms with Gasteiger partial charge < -0.3 is 14.8 Å². The second-order valence-corrected chi connectivity index (χ2v) is 6.77. The molecule has 0 aliphatic carbocycles. The van der Waals surface area contributed by atoms with E-state index in [4.69, 9.17) is 9.47 Å². The third-order valence-corrected chi connectivity index (χ3v) is 4.65. The van der Waals surface area contributed by atoms with Gasteiger partial charge in [-0.15, -0.1) is 0 Å². The summed E-state index contributed by atoms with van der Waals surface area (Å²) < 4.78 is 11.4. The Kier molecular flexibility index (Phi) is 5.56. The topological polar surface area (TPSA) is 76.2 Å². The smallest absolute Gasteiger partial charge is 0.255 e. The van der Waals surface area contributed by atoms with Gasteiger partial charge in [0.1, 0.15) is 0 Å². The second kappa shape index (κ2) is 8.61. The van der Waals surface area contributed by atoms with E-state index in [0.717, 1.165) is 25.8 Å². The first-order valence-electron chi connectivity index (χ1n) is 9.56. The van der Waals surface area contributed by atoms with Crippen LogP contribution in [-0.4, -0.2) is 22.8 Å². The van der Waals surface area contributed by atoms with E-state index in [-0.39, 0.29) is 5.56 Å². The number of hydrogen-bond donors (Lipinski definition) is 2. The number of aryl methyl sites for hydroxylation is 1. The van der Waals surface area contributed by atoms with Crippen LogP contribution in [0.3, 0.4) is 0 Å². The largest absolute Gasteiger partial charge is 0.451 e. The van der Waals surface area contributed by atoms with E-state index >= 15 is 0 Å². The molecule has 1 aliphatic heterocycles. The van der Waals surface area contributed by atoms with Crippen molar-refractivity contribution < 1.29 is 9.47 Å². The number of hydrogen-bond acceptors (Lipinski definition) is 5. The number of aromatic nitrogens is 2. The van der Waals surface area contributed by atoms with Crippen LogP contribution in [0.1, 0.15) is 24.0 Å². The summed E-state index contributed by atoms with van der Waals surface area (Å²) in [6.07, 6.45) is 4.56. The van der Waals surface area contributed by atoms with Crippen LogP contribution in [0.2, 0.25) is 0 Å². The second-order valence-electron chi connectivity index (χ2n) is 6.77. The molecule has 1 aliphatic rings. The minimum absolute atomic E-state index is 0.176. The van der Waals surface area contributed by atoms with Gasteiger partial charge in [0.25, 0.3) is 5.56 Å². The number of unbranched alkanes of at least 4 members (excludes halogenated alkanes) is 1. The lowest BCUT2D eigenvalue weighted by Gasteiger charge is -2.10. The lowest BCUT2D eigenvalue weighted by atomic mass is 10.1. The van der Waals surface area contributed by atoms with Crippen molar-refractivity contribution in [2.75, 3.05) is 11.9 Å². The van der Waals surface area contributed by atoms with E-state index in [1.54, 1.807) is 6.20 Å². The van der Waals surface area contributed by atoms with Crippen molar-refractivity contribution in [3.63, 3.8) is 0 Å². The van der Waals surface area contributed by atoms with Crippen LogP contribution >= 0.6 is 0 Å². The van der Waals surface area contributed by atoms with Crippen molar-refractivity contribution in [1.82, 2.24) is 9.97 Å². The minimum atomic E-state index is -0.503. The standard InChI is InChI=1S/C22H23N3O3/c26-21-17(14-20-27-18-11-4-5-12-19(18)28-20)15-24-22(25-21)23-13-7-6-10-16-8-2-1-3-9-16/h1-5,8-9,11-12,15,20H,6-7,10,13-14H2,(H2,23,24,25,26). The number of H-pyrrole nitrogens is 1. The molecule has 2 N–H and O–H groups in total. The first kappa shape index (κ1) is 18.1. The Morgan fingerprint density at radius 1 is 0.964 bits per heavy atom. The van der Waals surface area contributed by atoms with Crippen LogP contribution in [0.25, 0.3) is 0 Å². The lowest BCUT2D eigenvalue weighted by Crippen LogP contribution is -2.26. The highest BCUT2D eigenvalue weighted by atomic mass is 16.7. The quantitative estimate of drug-likeness (QED) is 0.587. The van der Waals surface area contributed by atoms with E-state index in [0.29, 0.717) is 29.4 Å². The number of anilines is 1.